The van der Waals surface area contributed by atoms with Gasteiger partial charge in [-0.25, -0.2) is 0 Å². The maximum Gasteiger partial charge on any atom is 0.289 e. The molecular weight excluding hydrogens is 492 g/mol. The first-order valence-corrected chi connectivity index (χ1v) is 13.2. The Bertz CT molecular complexity index is 1440. The van der Waals surface area contributed by atoms with E-state index in [0.29, 0.717) is 0 Å². The van der Waals surface area contributed by atoms with Crippen LogP contribution in [0.3, 0.4) is 0 Å². The van der Waals surface area contributed by atoms with Gasteiger partial charge in [0.15, 0.2) is 0 Å². The molecule has 6 nitrogen and oxygen atoms in total. The zero-order valence-electron chi connectivity index (χ0n) is 19.0. The highest BCUT2D eigenvalue weighted by Crippen LogP contribution is 2.41. The molecule has 8 heteroatoms. The quantitative estimate of drug-likeness (QED) is 0.335. The molecule has 178 valence electrons. The van der Waals surface area contributed by atoms with E-state index in [0.717, 1.165) is 56.2 Å². The summed E-state index contributed by atoms with van der Waals surface area (Å²) in [6, 6.07) is 27.1. The molecule has 0 aliphatic carbocycles. The molecule has 2 aliphatic heterocycles. The molecule has 2 aliphatic rings. The summed E-state index contributed by atoms with van der Waals surface area (Å²) in [7, 11) is 0. The van der Waals surface area contributed by atoms with Gasteiger partial charge in [0.25, 0.3) is 10.5 Å². The van der Waals surface area contributed by atoms with Gasteiger partial charge in [-0.05, 0) is 56.2 Å². The average Bonchev–Trinajstić information content (AvgIpc) is 3.33. The van der Waals surface area contributed by atoms with Crippen LogP contribution in [0.2, 0.25) is 0 Å². The Balaban J connectivity index is 1.22. The Labute approximate surface area is 215 Å². The summed E-state index contributed by atoms with van der Waals surface area (Å²) in [5.74, 6) is -0.854. The number of carbonyl (C=O) groups excluding carboxylic acids is 4. The summed E-state index contributed by atoms with van der Waals surface area (Å²) in [6.07, 6.45) is 0. The Hall–Kier alpha value is -3.62. The highest BCUT2D eigenvalue weighted by atomic mass is 32.2. The standard InChI is InChI=1S/C28H20N2O4S2/c31-25-23(35-27(33)29(25)15-19-11-5-9-17-7-1-3-13-21(17)19)24-26(32)30(28(34)36-24)16-20-12-6-10-18-8-2-4-14-22(18)20/h1-14,23-24H,15-16H2. The minimum absolute atomic E-state index is 0.127. The van der Waals surface area contributed by atoms with Crippen LogP contribution in [0, 0.1) is 0 Å². The summed E-state index contributed by atoms with van der Waals surface area (Å²) >= 11 is 1.67. The Morgan fingerprint density at radius 2 is 0.917 bits per heavy atom. The van der Waals surface area contributed by atoms with Crippen LogP contribution in [-0.2, 0) is 22.7 Å². The number of carbonyl (C=O) groups is 4. The third-order valence-corrected chi connectivity index (χ3v) is 9.08. The minimum atomic E-state index is -0.925. The Kier molecular flexibility index (Phi) is 5.78. The second kappa shape index (κ2) is 9.11. The smallest absolute Gasteiger partial charge is 0.273 e. The van der Waals surface area contributed by atoms with E-state index in [2.05, 4.69) is 0 Å². The van der Waals surface area contributed by atoms with E-state index < -0.39 is 32.8 Å². The number of fused-ring (bicyclic) bond motifs is 2. The predicted molar refractivity (Wildman–Crippen MR) is 143 cm³/mol. The molecule has 0 aromatic heterocycles. The fourth-order valence-corrected chi connectivity index (χ4v) is 7.07. The van der Waals surface area contributed by atoms with E-state index in [-0.39, 0.29) is 13.1 Å². The maximum atomic E-state index is 13.3. The summed E-state index contributed by atoms with van der Waals surface area (Å²) in [5, 5.41) is 1.34. The van der Waals surface area contributed by atoms with Crippen LogP contribution in [0.1, 0.15) is 11.1 Å². The number of thioether (sulfide) groups is 2. The highest BCUT2D eigenvalue weighted by Gasteiger charge is 2.52. The second-order valence-corrected chi connectivity index (χ2v) is 10.9. The van der Waals surface area contributed by atoms with Crippen molar-refractivity contribution in [1.82, 2.24) is 9.80 Å². The number of hydrogen-bond donors (Lipinski definition) is 0. The summed E-state index contributed by atoms with van der Waals surface area (Å²) in [6.45, 7) is 0.253. The first-order chi connectivity index (χ1) is 17.5. The molecule has 0 N–H and O–H groups in total. The lowest BCUT2D eigenvalue weighted by Crippen LogP contribution is -2.40. The molecule has 4 aromatic rings. The predicted octanol–water partition coefficient (Wildman–Crippen LogP) is 5.82. The SMILES string of the molecule is O=C1SC(C2SC(=O)N(Cc3cccc4ccccc34)C2=O)C(=O)N1Cc1cccc2ccccc12. The summed E-state index contributed by atoms with van der Waals surface area (Å²) in [5.41, 5.74) is 1.71. The summed E-state index contributed by atoms with van der Waals surface area (Å²) < 4.78 is 0. The fourth-order valence-electron chi connectivity index (χ4n) is 4.80. The van der Waals surface area contributed by atoms with Crippen molar-refractivity contribution in [3.8, 4) is 0 Å². The van der Waals surface area contributed by atoms with Gasteiger partial charge in [-0.1, -0.05) is 84.9 Å². The molecule has 4 amide bonds. The van der Waals surface area contributed by atoms with Crippen molar-refractivity contribution in [1.29, 1.82) is 0 Å². The third kappa shape index (κ3) is 3.86. The van der Waals surface area contributed by atoms with Crippen molar-refractivity contribution in [2.75, 3.05) is 0 Å². The van der Waals surface area contributed by atoms with Crippen molar-refractivity contribution in [2.45, 2.75) is 23.6 Å². The van der Waals surface area contributed by atoms with Gasteiger partial charge in [-0.2, -0.15) is 0 Å². The molecular formula is C28H20N2O4S2. The normalized spacial score (nSPS) is 20.3. The molecule has 2 atom stereocenters. The van der Waals surface area contributed by atoms with Crippen molar-refractivity contribution >= 4 is 67.4 Å². The van der Waals surface area contributed by atoms with Crippen LogP contribution in [0.15, 0.2) is 84.9 Å². The van der Waals surface area contributed by atoms with Crippen molar-refractivity contribution in [3.63, 3.8) is 0 Å². The van der Waals surface area contributed by atoms with Crippen LogP contribution in [0.25, 0.3) is 21.5 Å². The van der Waals surface area contributed by atoms with E-state index in [9.17, 15) is 19.2 Å². The molecule has 36 heavy (non-hydrogen) atoms. The number of benzene rings is 4. The lowest BCUT2D eigenvalue weighted by molar-refractivity contribution is -0.132. The number of nitrogens with zero attached hydrogens (tertiary/aromatic N) is 2. The molecule has 0 saturated carbocycles. The van der Waals surface area contributed by atoms with Crippen LogP contribution < -0.4 is 0 Å². The second-order valence-electron chi connectivity index (χ2n) is 8.73. The van der Waals surface area contributed by atoms with Crippen molar-refractivity contribution in [3.05, 3.63) is 96.1 Å². The largest absolute Gasteiger partial charge is 0.289 e. The lowest BCUT2D eigenvalue weighted by Gasteiger charge is -2.18. The van der Waals surface area contributed by atoms with Gasteiger partial charge >= 0.3 is 0 Å². The number of rotatable bonds is 5. The third-order valence-electron chi connectivity index (χ3n) is 6.61. The van der Waals surface area contributed by atoms with E-state index >= 15 is 0 Å². The molecule has 2 fully saturated rings. The van der Waals surface area contributed by atoms with Crippen LogP contribution in [0.4, 0.5) is 9.59 Å². The van der Waals surface area contributed by atoms with Crippen LogP contribution in [-0.4, -0.2) is 42.6 Å². The molecule has 2 unspecified atom stereocenters. The van der Waals surface area contributed by atoms with Crippen LogP contribution in [0.5, 0.6) is 0 Å². The zero-order chi connectivity index (χ0) is 24.8. The molecule has 4 aromatic carbocycles. The summed E-state index contributed by atoms with van der Waals surface area (Å²) in [4.78, 5) is 54.7. The lowest BCUT2D eigenvalue weighted by atomic mass is 10.0. The zero-order valence-corrected chi connectivity index (χ0v) is 20.6. The van der Waals surface area contributed by atoms with Gasteiger partial charge in [0.1, 0.15) is 10.5 Å². The Morgan fingerprint density at radius 1 is 0.528 bits per heavy atom. The van der Waals surface area contributed by atoms with E-state index in [1.807, 2.05) is 84.9 Å². The van der Waals surface area contributed by atoms with Crippen molar-refractivity contribution in [2.24, 2.45) is 0 Å². The first kappa shape index (κ1) is 22.8. The molecule has 6 rings (SSSR count). The van der Waals surface area contributed by atoms with E-state index in [1.54, 1.807) is 0 Å². The monoisotopic (exact) mass is 512 g/mol. The Morgan fingerprint density at radius 3 is 1.36 bits per heavy atom. The molecule has 0 radical (unpaired) electrons. The van der Waals surface area contributed by atoms with E-state index in [1.165, 1.54) is 9.80 Å². The number of imide groups is 2. The van der Waals surface area contributed by atoms with Gasteiger partial charge in [-0.15, -0.1) is 0 Å². The molecule has 0 bridgehead atoms. The molecule has 2 heterocycles. The van der Waals surface area contributed by atoms with Crippen LogP contribution >= 0.6 is 23.5 Å². The van der Waals surface area contributed by atoms with Gasteiger partial charge < -0.3 is 0 Å². The fraction of sp³-hybridized carbons (Fsp3) is 0.143. The minimum Gasteiger partial charge on any atom is -0.273 e. The first-order valence-electron chi connectivity index (χ1n) is 11.5. The topological polar surface area (TPSA) is 74.8 Å². The number of hydrogen-bond acceptors (Lipinski definition) is 6. The van der Waals surface area contributed by atoms with Gasteiger partial charge in [0.2, 0.25) is 11.8 Å². The van der Waals surface area contributed by atoms with Gasteiger partial charge in [0.05, 0.1) is 13.1 Å². The number of amides is 4. The highest BCUT2D eigenvalue weighted by molar-refractivity contribution is 8.19. The molecule has 2 saturated heterocycles. The molecule has 0 spiro atoms. The maximum absolute atomic E-state index is 13.3. The van der Waals surface area contributed by atoms with E-state index in [4.69, 9.17) is 0 Å². The van der Waals surface area contributed by atoms with Gasteiger partial charge in [-0.3, -0.25) is 29.0 Å². The average molecular weight is 513 g/mol. The van der Waals surface area contributed by atoms with Crippen molar-refractivity contribution < 1.29 is 19.2 Å². The van der Waals surface area contributed by atoms with Gasteiger partial charge in [0, 0.05) is 0 Å².